The topological polar surface area (TPSA) is 56.3 Å². The second-order valence-corrected chi connectivity index (χ2v) is 4.94. The Bertz CT molecular complexity index is 352. The first-order chi connectivity index (χ1) is 6.11. The van der Waals surface area contributed by atoms with E-state index in [9.17, 15) is 6.14 Å². The highest BCUT2D eigenvalue weighted by Crippen LogP contribution is 2.25. The number of hydrogen-bond acceptors (Lipinski definition) is 4. The molecule has 1 heterocycles. The number of pyridine rings is 1. The maximum Gasteiger partial charge on any atom is 0.363 e. The molecular formula is C8H10INO3. The summed E-state index contributed by atoms with van der Waals surface area (Å²) in [5, 5.41) is 0. The van der Waals surface area contributed by atoms with E-state index in [0.29, 0.717) is 5.75 Å². The van der Waals surface area contributed by atoms with Crippen LogP contribution in [0.3, 0.4) is 0 Å². The maximum absolute atomic E-state index is 10.8. The fourth-order valence-electron chi connectivity index (χ4n) is 0.829. The van der Waals surface area contributed by atoms with Crippen LogP contribution in [0.15, 0.2) is 18.3 Å². The highest BCUT2D eigenvalue weighted by atomic mass is 127. The molecule has 0 radical (unpaired) electrons. The minimum atomic E-state index is -3.53. The van der Waals surface area contributed by atoms with E-state index in [1.807, 2.05) is 13.8 Å². The van der Waals surface area contributed by atoms with Crippen molar-refractivity contribution >= 4 is 19.8 Å². The van der Waals surface area contributed by atoms with Gasteiger partial charge in [-0.25, -0.2) is 11.1 Å². The molecule has 0 unspecified atom stereocenters. The zero-order valence-corrected chi connectivity index (χ0v) is 9.52. The summed E-state index contributed by atoms with van der Waals surface area (Å²) in [5.41, 5.74) is 0. The molecule has 0 saturated heterocycles. The minimum Gasteiger partial charge on any atom is -0.488 e. The largest absolute Gasteiger partial charge is 0.488 e. The summed E-state index contributed by atoms with van der Waals surface area (Å²) < 4.78 is 26.9. The molecule has 1 aromatic heterocycles. The molecular weight excluding hydrogens is 285 g/mol. The van der Waals surface area contributed by atoms with E-state index in [-0.39, 0.29) is 9.80 Å². The van der Waals surface area contributed by atoms with Gasteiger partial charge in [0, 0.05) is 6.20 Å². The number of hydrogen-bond donors (Lipinski definition) is 0. The third kappa shape index (κ3) is 2.91. The van der Waals surface area contributed by atoms with Crippen molar-refractivity contribution in [1.82, 2.24) is 4.98 Å². The van der Waals surface area contributed by atoms with Gasteiger partial charge in [-0.2, -0.15) is 0 Å². The minimum absolute atomic E-state index is 0.0428. The van der Waals surface area contributed by atoms with E-state index in [1.165, 1.54) is 6.20 Å². The molecule has 0 atom stereocenters. The number of aromatic nitrogens is 1. The third-order valence-electron chi connectivity index (χ3n) is 1.23. The third-order valence-corrected chi connectivity index (χ3v) is 2.88. The van der Waals surface area contributed by atoms with Gasteiger partial charge in [0.25, 0.3) is 0 Å². The Kier molecular flexibility index (Phi) is 3.58. The Labute approximate surface area is 83.5 Å². The molecule has 0 N–H and O–H groups in total. The van der Waals surface area contributed by atoms with Crippen LogP contribution in [0.4, 0.5) is 0 Å². The summed E-state index contributed by atoms with van der Waals surface area (Å²) >= 11 is -3.53. The Hall–Kier alpha value is -0.720. The zero-order chi connectivity index (χ0) is 9.84. The lowest BCUT2D eigenvalue weighted by Gasteiger charge is -2.09. The standard InChI is InChI=1S/C8H10INO3/c1-6(2)13-7-4-3-5-10-8(7)9(11)12/h3-6H,1-2H3. The van der Waals surface area contributed by atoms with Gasteiger partial charge in [0.15, 0.2) is 5.75 Å². The second kappa shape index (κ2) is 4.50. The van der Waals surface area contributed by atoms with Crippen molar-refractivity contribution in [3.05, 3.63) is 22.0 Å². The SMILES string of the molecule is CC(C)Oc1cccnc1I(=O)=O. The number of nitrogens with zero attached hydrogens (tertiary/aromatic N) is 1. The van der Waals surface area contributed by atoms with Crippen LogP contribution < -0.4 is 4.74 Å². The highest BCUT2D eigenvalue weighted by Gasteiger charge is 2.10. The van der Waals surface area contributed by atoms with Crippen molar-refractivity contribution in [2.24, 2.45) is 0 Å². The molecule has 1 aromatic rings. The maximum atomic E-state index is 10.8. The Balaban J connectivity index is 3.05. The summed E-state index contributed by atoms with van der Waals surface area (Å²) in [6.07, 6.45) is 1.40. The average molecular weight is 295 g/mol. The van der Waals surface area contributed by atoms with Crippen LogP contribution in [-0.2, 0) is 6.14 Å². The van der Waals surface area contributed by atoms with Crippen LogP contribution >= 0.6 is 19.8 Å². The van der Waals surface area contributed by atoms with Crippen molar-refractivity contribution in [3.63, 3.8) is 0 Å². The lowest BCUT2D eigenvalue weighted by Crippen LogP contribution is -2.07. The molecule has 1 rings (SSSR count). The monoisotopic (exact) mass is 295 g/mol. The van der Waals surface area contributed by atoms with E-state index in [4.69, 9.17) is 4.74 Å². The van der Waals surface area contributed by atoms with Gasteiger partial charge in [-0.3, -0.25) is 0 Å². The summed E-state index contributed by atoms with van der Waals surface area (Å²) in [7, 11) is 0. The first kappa shape index (κ1) is 10.4. The fraction of sp³-hybridized carbons (Fsp3) is 0.375. The van der Waals surface area contributed by atoms with E-state index in [2.05, 4.69) is 4.98 Å². The van der Waals surface area contributed by atoms with Crippen molar-refractivity contribution in [3.8, 4) is 5.75 Å². The summed E-state index contributed by atoms with van der Waals surface area (Å²) in [6, 6.07) is 3.27. The first-order valence-corrected chi connectivity index (χ1v) is 6.62. The number of ether oxygens (including phenoxy) is 1. The molecule has 72 valence electrons. The van der Waals surface area contributed by atoms with E-state index >= 15 is 0 Å². The lowest BCUT2D eigenvalue weighted by molar-refractivity contribution is 0.239. The van der Waals surface area contributed by atoms with Gasteiger partial charge in [-0.1, -0.05) is 0 Å². The average Bonchev–Trinajstić information content (AvgIpc) is 2.03. The van der Waals surface area contributed by atoms with Gasteiger partial charge >= 0.3 is 19.8 Å². The van der Waals surface area contributed by atoms with Crippen LogP contribution in [-0.4, -0.2) is 11.1 Å². The van der Waals surface area contributed by atoms with Crippen molar-refractivity contribution in [1.29, 1.82) is 0 Å². The molecule has 0 aliphatic carbocycles. The molecule has 0 bridgehead atoms. The van der Waals surface area contributed by atoms with Crippen LogP contribution in [0, 0.1) is 3.70 Å². The van der Waals surface area contributed by atoms with Crippen molar-refractivity contribution < 1.29 is 10.9 Å². The quantitative estimate of drug-likeness (QED) is 0.634. The van der Waals surface area contributed by atoms with Crippen molar-refractivity contribution in [2.45, 2.75) is 20.0 Å². The lowest BCUT2D eigenvalue weighted by atomic mass is 10.4. The summed E-state index contributed by atoms with van der Waals surface area (Å²) in [6.45, 7) is 3.68. The second-order valence-electron chi connectivity index (χ2n) is 2.68. The predicted molar refractivity (Wildman–Crippen MR) is 54.1 cm³/mol. The van der Waals surface area contributed by atoms with Gasteiger partial charge in [0.1, 0.15) is 0 Å². The smallest absolute Gasteiger partial charge is 0.363 e. The predicted octanol–water partition coefficient (Wildman–Crippen LogP) is 2.24. The Morgan fingerprint density at radius 3 is 2.69 bits per heavy atom. The molecule has 0 fully saturated rings. The summed E-state index contributed by atoms with van der Waals surface area (Å²) in [5.74, 6) is 0.354. The van der Waals surface area contributed by atoms with Crippen LogP contribution in [0.5, 0.6) is 5.75 Å². The van der Waals surface area contributed by atoms with E-state index < -0.39 is 19.8 Å². The van der Waals surface area contributed by atoms with Gasteiger partial charge < -0.3 is 4.74 Å². The zero-order valence-electron chi connectivity index (χ0n) is 7.36. The van der Waals surface area contributed by atoms with E-state index in [0.717, 1.165) is 0 Å². The molecule has 0 aromatic carbocycles. The Morgan fingerprint density at radius 2 is 2.15 bits per heavy atom. The van der Waals surface area contributed by atoms with Gasteiger partial charge in [0.05, 0.1) is 6.10 Å². The molecule has 0 aliphatic heterocycles. The Morgan fingerprint density at radius 1 is 1.46 bits per heavy atom. The molecule has 0 saturated carbocycles. The van der Waals surface area contributed by atoms with Crippen LogP contribution in [0.1, 0.15) is 13.8 Å². The van der Waals surface area contributed by atoms with Gasteiger partial charge in [-0.15, -0.1) is 0 Å². The highest BCUT2D eigenvalue weighted by molar-refractivity contribution is 14.2. The molecule has 13 heavy (non-hydrogen) atoms. The van der Waals surface area contributed by atoms with Crippen molar-refractivity contribution in [2.75, 3.05) is 0 Å². The van der Waals surface area contributed by atoms with Gasteiger partial charge in [-0.05, 0) is 26.0 Å². The summed E-state index contributed by atoms with van der Waals surface area (Å²) in [4.78, 5) is 3.75. The molecule has 0 spiro atoms. The first-order valence-electron chi connectivity index (χ1n) is 3.78. The molecule has 5 heteroatoms. The molecule has 0 amide bonds. The van der Waals surface area contributed by atoms with Crippen LogP contribution in [0.2, 0.25) is 0 Å². The van der Waals surface area contributed by atoms with Gasteiger partial charge in [0.2, 0.25) is 3.70 Å². The molecule has 0 aliphatic rings. The van der Waals surface area contributed by atoms with E-state index in [1.54, 1.807) is 12.1 Å². The molecule has 4 nitrogen and oxygen atoms in total. The van der Waals surface area contributed by atoms with Crippen LogP contribution in [0.25, 0.3) is 0 Å². The normalized spacial score (nSPS) is 10.8. The number of rotatable bonds is 3. The number of halogens is 1. The fourth-order valence-corrected chi connectivity index (χ4v) is 1.96.